The van der Waals surface area contributed by atoms with E-state index in [1.54, 1.807) is 0 Å². The SMILES string of the molecule is c1ccc2c(c1)Nc1ccccc1O2.c1ccc2nc3ccccc3cc2c1. The van der Waals surface area contributed by atoms with Gasteiger partial charge in [-0.1, -0.05) is 60.7 Å². The molecule has 5 aromatic rings. The number of anilines is 2. The van der Waals surface area contributed by atoms with Crippen LogP contribution in [0.15, 0.2) is 103 Å². The Labute approximate surface area is 163 Å². The first-order chi connectivity index (χ1) is 13.9. The van der Waals surface area contributed by atoms with Crippen LogP contribution in [0.2, 0.25) is 0 Å². The van der Waals surface area contributed by atoms with Gasteiger partial charge in [-0.3, -0.25) is 0 Å². The molecule has 4 aromatic carbocycles. The second-order valence-electron chi connectivity index (χ2n) is 6.59. The van der Waals surface area contributed by atoms with Gasteiger partial charge in [-0.2, -0.15) is 0 Å². The lowest BCUT2D eigenvalue weighted by Gasteiger charge is -2.20. The van der Waals surface area contributed by atoms with Crippen molar-refractivity contribution in [3.05, 3.63) is 103 Å². The fourth-order valence-electron chi connectivity index (χ4n) is 3.30. The maximum atomic E-state index is 5.71. The summed E-state index contributed by atoms with van der Waals surface area (Å²) in [6.45, 7) is 0. The topological polar surface area (TPSA) is 34.1 Å². The number of nitrogens with one attached hydrogen (secondary N) is 1. The fourth-order valence-corrected chi connectivity index (χ4v) is 3.30. The summed E-state index contributed by atoms with van der Waals surface area (Å²) in [6.07, 6.45) is 0. The molecule has 0 amide bonds. The van der Waals surface area contributed by atoms with Crippen molar-refractivity contribution in [2.24, 2.45) is 0 Å². The largest absolute Gasteiger partial charge is 0.453 e. The summed E-state index contributed by atoms with van der Waals surface area (Å²) in [6, 6.07) is 34.4. The minimum atomic E-state index is 0.881. The minimum absolute atomic E-state index is 0.881. The number of nitrogens with zero attached hydrogens (tertiary/aromatic N) is 1. The van der Waals surface area contributed by atoms with Crippen molar-refractivity contribution in [3.8, 4) is 11.5 Å². The molecule has 28 heavy (non-hydrogen) atoms. The van der Waals surface area contributed by atoms with Gasteiger partial charge in [0.05, 0.1) is 22.4 Å². The molecule has 0 saturated carbocycles. The van der Waals surface area contributed by atoms with Crippen LogP contribution >= 0.6 is 0 Å². The number of pyridine rings is 1. The van der Waals surface area contributed by atoms with Crippen molar-refractivity contribution in [2.75, 3.05) is 5.32 Å². The molecule has 6 rings (SSSR count). The Balaban J connectivity index is 0.000000122. The second-order valence-corrected chi connectivity index (χ2v) is 6.59. The van der Waals surface area contributed by atoms with E-state index in [-0.39, 0.29) is 0 Å². The van der Waals surface area contributed by atoms with Gasteiger partial charge in [0.15, 0.2) is 11.5 Å². The molecule has 0 spiro atoms. The van der Waals surface area contributed by atoms with Gasteiger partial charge >= 0.3 is 0 Å². The van der Waals surface area contributed by atoms with Crippen LogP contribution in [0.1, 0.15) is 0 Å². The van der Waals surface area contributed by atoms with Crippen molar-refractivity contribution in [1.82, 2.24) is 4.98 Å². The lowest BCUT2D eigenvalue weighted by atomic mass is 10.1. The van der Waals surface area contributed by atoms with Crippen LogP contribution in [-0.2, 0) is 0 Å². The molecule has 0 fully saturated rings. The zero-order valence-corrected chi connectivity index (χ0v) is 15.2. The summed E-state index contributed by atoms with van der Waals surface area (Å²) in [7, 11) is 0. The van der Waals surface area contributed by atoms with Crippen molar-refractivity contribution in [2.45, 2.75) is 0 Å². The van der Waals surface area contributed by atoms with Gasteiger partial charge in [0, 0.05) is 10.8 Å². The number of ether oxygens (including phenoxy) is 1. The number of aromatic nitrogens is 1. The van der Waals surface area contributed by atoms with E-state index in [2.05, 4.69) is 28.5 Å². The van der Waals surface area contributed by atoms with E-state index < -0.39 is 0 Å². The van der Waals surface area contributed by atoms with Crippen molar-refractivity contribution >= 4 is 33.2 Å². The average Bonchev–Trinajstić information content (AvgIpc) is 2.76. The van der Waals surface area contributed by atoms with Crippen molar-refractivity contribution in [1.29, 1.82) is 0 Å². The third-order valence-electron chi connectivity index (χ3n) is 4.69. The first-order valence-corrected chi connectivity index (χ1v) is 9.24. The van der Waals surface area contributed by atoms with Crippen LogP contribution in [-0.4, -0.2) is 4.98 Å². The molecule has 0 unspecified atom stereocenters. The molecule has 3 heteroatoms. The molecule has 2 heterocycles. The van der Waals surface area contributed by atoms with Crippen LogP contribution in [0.5, 0.6) is 11.5 Å². The summed E-state index contributed by atoms with van der Waals surface area (Å²) in [5.74, 6) is 1.76. The molecule has 3 nitrogen and oxygen atoms in total. The van der Waals surface area contributed by atoms with Crippen LogP contribution in [0.25, 0.3) is 21.8 Å². The molecule has 1 aromatic heterocycles. The Hall–Kier alpha value is -3.85. The summed E-state index contributed by atoms with van der Waals surface area (Å²) in [4.78, 5) is 4.58. The highest BCUT2D eigenvalue weighted by Gasteiger charge is 2.13. The molecule has 1 aliphatic heterocycles. The summed E-state index contributed by atoms with van der Waals surface area (Å²) >= 11 is 0. The van der Waals surface area contributed by atoms with Crippen LogP contribution in [0.4, 0.5) is 11.4 Å². The van der Waals surface area contributed by atoms with Crippen LogP contribution in [0, 0.1) is 0 Å². The van der Waals surface area contributed by atoms with Gasteiger partial charge in [-0.15, -0.1) is 0 Å². The smallest absolute Gasteiger partial charge is 0.150 e. The number of rotatable bonds is 0. The van der Waals surface area contributed by atoms with E-state index in [1.807, 2.05) is 84.9 Å². The number of para-hydroxylation sites is 6. The highest BCUT2D eigenvalue weighted by Crippen LogP contribution is 2.40. The summed E-state index contributed by atoms with van der Waals surface area (Å²) < 4.78 is 5.71. The van der Waals surface area contributed by atoms with E-state index in [9.17, 15) is 0 Å². The third-order valence-corrected chi connectivity index (χ3v) is 4.69. The molecule has 0 aliphatic carbocycles. The third kappa shape index (κ3) is 3.14. The Bertz CT molecular complexity index is 1090. The zero-order chi connectivity index (χ0) is 18.8. The molecule has 0 bridgehead atoms. The van der Waals surface area contributed by atoms with Gasteiger partial charge in [0.25, 0.3) is 0 Å². The molecule has 134 valence electrons. The lowest BCUT2D eigenvalue weighted by Crippen LogP contribution is -2.01. The van der Waals surface area contributed by atoms with Crippen molar-refractivity contribution in [3.63, 3.8) is 0 Å². The number of benzene rings is 4. The molecule has 1 aliphatic rings. The maximum absolute atomic E-state index is 5.71. The number of fused-ring (bicyclic) bond motifs is 4. The minimum Gasteiger partial charge on any atom is -0.453 e. The van der Waals surface area contributed by atoms with E-state index in [0.29, 0.717) is 0 Å². The highest BCUT2D eigenvalue weighted by molar-refractivity contribution is 5.92. The second kappa shape index (κ2) is 7.05. The Kier molecular flexibility index (Phi) is 4.11. The van der Waals surface area contributed by atoms with Gasteiger partial charge in [0.1, 0.15) is 0 Å². The monoisotopic (exact) mass is 362 g/mol. The predicted octanol–water partition coefficient (Wildman–Crippen LogP) is 6.92. The number of hydrogen-bond acceptors (Lipinski definition) is 3. The Morgan fingerprint density at radius 1 is 0.536 bits per heavy atom. The quantitative estimate of drug-likeness (QED) is 0.298. The van der Waals surface area contributed by atoms with E-state index in [4.69, 9.17) is 4.74 Å². The average molecular weight is 362 g/mol. The van der Waals surface area contributed by atoms with Crippen LogP contribution < -0.4 is 10.1 Å². The standard InChI is InChI=1S/C13H9N.C12H9NO/c1-3-7-12-10(5-1)9-11-6-2-4-8-13(11)14-12;1-3-7-11-9(5-1)13-10-6-2-4-8-12(10)14-11/h1-9H;1-8,13H. The first-order valence-electron chi connectivity index (χ1n) is 9.24. The van der Waals surface area contributed by atoms with Gasteiger partial charge < -0.3 is 10.1 Å². The highest BCUT2D eigenvalue weighted by atomic mass is 16.5. The molecule has 0 radical (unpaired) electrons. The summed E-state index contributed by atoms with van der Waals surface area (Å²) in [5, 5.41) is 5.72. The predicted molar refractivity (Wildman–Crippen MR) is 115 cm³/mol. The summed E-state index contributed by atoms with van der Waals surface area (Å²) in [5.41, 5.74) is 4.16. The van der Waals surface area contributed by atoms with Crippen LogP contribution in [0.3, 0.4) is 0 Å². The molecular formula is C25H18N2O. The Morgan fingerprint density at radius 2 is 1.00 bits per heavy atom. The first kappa shape index (κ1) is 16.3. The molecule has 0 atom stereocenters. The normalized spacial score (nSPS) is 11.4. The van der Waals surface area contributed by atoms with Gasteiger partial charge in [-0.05, 0) is 42.5 Å². The maximum Gasteiger partial charge on any atom is 0.150 e. The van der Waals surface area contributed by atoms with Gasteiger partial charge in [0.2, 0.25) is 0 Å². The lowest BCUT2D eigenvalue weighted by molar-refractivity contribution is 0.481. The number of hydrogen-bond donors (Lipinski definition) is 1. The molecule has 0 saturated heterocycles. The van der Waals surface area contributed by atoms with E-state index in [0.717, 1.165) is 33.9 Å². The van der Waals surface area contributed by atoms with E-state index in [1.165, 1.54) is 10.8 Å². The van der Waals surface area contributed by atoms with Gasteiger partial charge in [-0.25, -0.2) is 4.98 Å². The van der Waals surface area contributed by atoms with E-state index >= 15 is 0 Å². The van der Waals surface area contributed by atoms with Crippen molar-refractivity contribution < 1.29 is 4.74 Å². The molecular weight excluding hydrogens is 344 g/mol. The Morgan fingerprint density at radius 3 is 1.57 bits per heavy atom. The zero-order valence-electron chi connectivity index (χ0n) is 15.2. The molecule has 1 N–H and O–H groups in total. The fraction of sp³-hybridized carbons (Fsp3) is 0.